The van der Waals surface area contributed by atoms with Gasteiger partial charge >= 0.3 is 5.97 Å². The van der Waals surface area contributed by atoms with Crippen molar-refractivity contribution in [1.82, 2.24) is 0 Å². The summed E-state index contributed by atoms with van der Waals surface area (Å²) in [6.07, 6.45) is 1.23. The van der Waals surface area contributed by atoms with E-state index in [0.717, 1.165) is 16.9 Å². The monoisotopic (exact) mass is 513 g/mol. The number of thiophene rings is 1. The van der Waals surface area contributed by atoms with E-state index in [4.69, 9.17) is 9.15 Å². The maximum absolute atomic E-state index is 13.0. The largest absolute Gasteiger partial charge is 0.462 e. The maximum atomic E-state index is 13.0. The van der Waals surface area contributed by atoms with E-state index in [9.17, 15) is 25.0 Å². The van der Waals surface area contributed by atoms with Crippen LogP contribution in [0.1, 0.15) is 23.0 Å². The van der Waals surface area contributed by atoms with E-state index < -0.39 is 16.8 Å². The molecule has 37 heavy (non-hydrogen) atoms. The first kappa shape index (κ1) is 25.1. The molecule has 0 fully saturated rings. The van der Waals surface area contributed by atoms with Gasteiger partial charge in [-0.2, -0.15) is 5.26 Å². The molecular formula is C27H19N3O6S. The van der Waals surface area contributed by atoms with Gasteiger partial charge < -0.3 is 14.5 Å². The second-order valence-corrected chi connectivity index (χ2v) is 8.42. The Morgan fingerprint density at radius 1 is 1.11 bits per heavy atom. The normalized spacial score (nSPS) is 11.0. The van der Waals surface area contributed by atoms with Crippen LogP contribution in [0.15, 0.2) is 82.1 Å². The maximum Gasteiger partial charge on any atom is 0.341 e. The summed E-state index contributed by atoms with van der Waals surface area (Å²) < 4.78 is 10.9. The van der Waals surface area contributed by atoms with E-state index in [1.807, 2.05) is 36.4 Å². The lowest BCUT2D eigenvalue weighted by Gasteiger charge is -2.08. The van der Waals surface area contributed by atoms with Gasteiger partial charge in [-0.3, -0.25) is 14.9 Å². The Labute approximate surface area is 215 Å². The molecule has 1 amide bonds. The SMILES string of the molecule is CCOC(=O)c1c(-c2ccccc2)csc1NC(=O)C(C#N)=Cc1ccc(-c2ccccc2[N+](=O)[O-])o1. The number of hydrogen-bond donors (Lipinski definition) is 1. The van der Waals surface area contributed by atoms with Crippen LogP contribution in [-0.2, 0) is 9.53 Å². The number of benzene rings is 2. The number of carbonyl (C=O) groups excluding carboxylic acids is 2. The highest BCUT2D eigenvalue weighted by atomic mass is 32.1. The molecular weight excluding hydrogens is 494 g/mol. The van der Waals surface area contributed by atoms with E-state index in [0.29, 0.717) is 5.56 Å². The van der Waals surface area contributed by atoms with Gasteiger partial charge in [0, 0.05) is 23.1 Å². The lowest BCUT2D eigenvalue weighted by atomic mass is 10.0. The highest BCUT2D eigenvalue weighted by Crippen LogP contribution is 2.36. The van der Waals surface area contributed by atoms with Gasteiger partial charge in [-0.25, -0.2) is 4.79 Å². The number of rotatable bonds is 8. The molecule has 10 heteroatoms. The predicted octanol–water partition coefficient (Wildman–Crippen LogP) is 6.31. The molecule has 0 aliphatic rings. The number of esters is 1. The van der Waals surface area contributed by atoms with Crippen LogP contribution in [0.5, 0.6) is 0 Å². The summed E-state index contributed by atoms with van der Waals surface area (Å²) in [5, 5.41) is 25.6. The summed E-state index contributed by atoms with van der Waals surface area (Å²) in [7, 11) is 0. The third kappa shape index (κ3) is 5.47. The first-order valence-corrected chi connectivity index (χ1v) is 11.9. The summed E-state index contributed by atoms with van der Waals surface area (Å²) in [4.78, 5) is 36.5. The lowest BCUT2D eigenvalue weighted by molar-refractivity contribution is -0.384. The number of carbonyl (C=O) groups is 2. The molecule has 2 aromatic heterocycles. The first-order chi connectivity index (χ1) is 17.9. The Morgan fingerprint density at radius 3 is 2.54 bits per heavy atom. The number of nitro groups is 1. The smallest absolute Gasteiger partial charge is 0.341 e. The Hall–Kier alpha value is -5.01. The van der Waals surface area contributed by atoms with Crippen molar-refractivity contribution < 1.29 is 23.7 Å². The molecule has 4 rings (SSSR count). The number of anilines is 1. The third-order valence-electron chi connectivity index (χ3n) is 5.23. The Bertz CT molecular complexity index is 1550. The van der Waals surface area contributed by atoms with Gasteiger partial charge in [-0.1, -0.05) is 42.5 Å². The minimum atomic E-state index is -0.752. The van der Waals surface area contributed by atoms with Gasteiger partial charge in [0.2, 0.25) is 0 Å². The van der Waals surface area contributed by atoms with Crippen molar-refractivity contribution in [2.24, 2.45) is 0 Å². The van der Waals surface area contributed by atoms with Crippen LogP contribution >= 0.6 is 11.3 Å². The Kier molecular flexibility index (Phi) is 7.56. The summed E-state index contributed by atoms with van der Waals surface area (Å²) in [6.45, 7) is 1.84. The molecule has 0 saturated carbocycles. The van der Waals surface area contributed by atoms with Crippen LogP contribution < -0.4 is 5.32 Å². The standard InChI is InChI=1S/C27H19N3O6S/c1-2-35-27(32)24-21(17-8-4-3-5-9-17)16-37-26(24)29-25(31)18(15-28)14-19-12-13-23(36-19)20-10-6-7-11-22(20)30(33)34/h3-14,16H,2H2,1H3,(H,29,31). The summed E-state index contributed by atoms with van der Waals surface area (Å²) in [5.74, 6) is -0.980. The fraction of sp³-hybridized carbons (Fsp3) is 0.0741. The lowest BCUT2D eigenvalue weighted by Crippen LogP contribution is -2.16. The number of nitrogens with one attached hydrogen (secondary N) is 1. The van der Waals surface area contributed by atoms with Crippen molar-refractivity contribution in [3.63, 3.8) is 0 Å². The number of para-hydroxylation sites is 1. The van der Waals surface area contributed by atoms with E-state index in [2.05, 4.69) is 5.32 Å². The van der Waals surface area contributed by atoms with Gasteiger partial charge in [-0.05, 0) is 30.7 Å². The Balaban J connectivity index is 1.63. The topological polar surface area (TPSA) is 135 Å². The van der Waals surface area contributed by atoms with Crippen molar-refractivity contribution in [2.75, 3.05) is 11.9 Å². The zero-order valence-electron chi connectivity index (χ0n) is 19.5. The minimum absolute atomic E-state index is 0.135. The van der Waals surface area contributed by atoms with Crippen LogP contribution in [0.2, 0.25) is 0 Å². The molecule has 0 spiro atoms. The molecule has 0 aliphatic heterocycles. The molecule has 2 heterocycles. The molecule has 4 aromatic rings. The van der Waals surface area contributed by atoms with Crippen LogP contribution in [0.4, 0.5) is 10.7 Å². The molecule has 0 saturated heterocycles. The molecule has 0 aliphatic carbocycles. The van der Waals surface area contributed by atoms with Crippen molar-refractivity contribution >= 4 is 40.0 Å². The Morgan fingerprint density at radius 2 is 1.84 bits per heavy atom. The number of ether oxygens (including phenoxy) is 1. The summed E-state index contributed by atoms with van der Waals surface area (Å²) in [6, 6.07) is 20.1. The van der Waals surface area contributed by atoms with E-state index in [1.165, 1.54) is 24.3 Å². The molecule has 0 radical (unpaired) electrons. The average molecular weight is 514 g/mol. The van der Waals surface area contributed by atoms with E-state index >= 15 is 0 Å². The van der Waals surface area contributed by atoms with Gasteiger partial charge in [0.15, 0.2) is 0 Å². The van der Waals surface area contributed by atoms with Gasteiger partial charge in [0.1, 0.15) is 33.7 Å². The second-order valence-electron chi connectivity index (χ2n) is 7.54. The first-order valence-electron chi connectivity index (χ1n) is 11.0. The van der Waals surface area contributed by atoms with Crippen LogP contribution in [-0.4, -0.2) is 23.4 Å². The van der Waals surface area contributed by atoms with Gasteiger partial charge in [0.05, 0.1) is 17.1 Å². The molecule has 0 atom stereocenters. The second kappa shape index (κ2) is 11.2. The zero-order chi connectivity index (χ0) is 26.4. The van der Waals surface area contributed by atoms with Crippen molar-refractivity contribution in [3.8, 4) is 28.5 Å². The quantitative estimate of drug-likeness (QED) is 0.0959. The molecule has 0 unspecified atom stereocenters. The van der Waals surface area contributed by atoms with Crippen molar-refractivity contribution in [2.45, 2.75) is 6.92 Å². The fourth-order valence-corrected chi connectivity index (χ4v) is 4.52. The van der Waals surface area contributed by atoms with Crippen molar-refractivity contribution in [3.05, 3.63) is 99.1 Å². The highest BCUT2D eigenvalue weighted by molar-refractivity contribution is 7.15. The summed E-state index contributed by atoms with van der Waals surface area (Å²) in [5.41, 5.74) is 1.41. The van der Waals surface area contributed by atoms with Crippen molar-refractivity contribution in [1.29, 1.82) is 5.26 Å². The average Bonchev–Trinajstić information content (AvgIpc) is 3.55. The van der Waals surface area contributed by atoms with Gasteiger partial charge in [0.25, 0.3) is 11.6 Å². The third-order valence-corrected chi connectivity index (χ3v) is 6.12. The highest BCUT2D eigenvalue weighted by Gasteiger charge is 2.24. The number of nitro benzene ring substituents is 1. The minimum Gasteiger partial charge on any atom is -0.462 e. The summed E-state index contributed by atoms with van der Waals surface area (Å²) >= 11 is 1.14. The number of nitriles is 1. The fourth-order valence-electron chi connectivity index (χ4n) is 3.56. The van der Waals surface area contributed by atoms with E-state index in [1.54, 1.807) is 30.5 Å². The molecule has 184 valence electrons. The molecule has 1 N–H and O–H groups in total. The van der Waals surface area contributed by atoms with Crippen LogP contribution in [0, 0.1) is 21.4 Å². The van der Waals surface area contributed by atoms with Crippen LogP contribution in [0.25, 0.3) is 28.5 Å². The number of nitrogens with zero attached hydrogens (tertiary/aromatic N) is 2. The molecule has 9 nitrogen and oxygen atoms in total. The zero-order valence-corrected chi connectivity index (χ0v) is 20.3. The predicted molar refractivity (Wildman–Crippen MR) is 139 cm³/mol. The number of furan rings is 1. The van der Waals surface area contributed by atoms with E-state index in [-0.39, 0.29) is 45.5 Å². The number of hydrogen-bond acceptors (Lipinski definition) is 8. The number of amides is 1. The van der Waals surface area contributed by atoms with Crippen LogP contribution in [0.3, 0.4) is 0 Å². The molecule has 0 bridgehead atoms. The van der Waals surface area contributed by atoms with Gasteiger partial charge in [-0.15, -0.1) is 11.3 Å². The molecule has 2 aromatic carbocycles.